The van der Waals surface area contributed by atoms with E-state index < -0.39 is 322 Å². The van der Waals surface area contributed by atoms with Crippen molar-refractivity contribution in [3.8, 4) is 0 Å². The number of amides is 3. The second kappa shape index (κ2) is 57.3. The number of aliphatic hydroxyl groups is 23. The number of aliphatic hydroxyl groups excluding tert-OH is 23. The molecule has 8 aliphatic rings. The minimum absolute atomic E-state index is 0.154. The first-order valence-electron chi connectivity index (χ1n) is 46.9. The maximum Gasteiger partial charge on any atom is 0.220 e. The molecule has 0 saturated carbocycles. The van der Waals surface area contributed by atoms with E-state index in [9.17, 15) is 132 Å². The molecule has 0 spiro atoms. The Labute approximate surface area is 762 Å². The molecule has 45 heteroatoms. The molecular formula is C86H153N3O42. The van der Waals surface area contributed by atoms with Crippen LogP contribution in [0.2, 0.25) is 0 Å². The van der Waals surface area contributed by atoms with E-state index in [4.69, 9.17) is 75.8 Å². The number of hydrogen-bond donors (Lipinski definition) is 26. The molecule has 0 aromatic heterocycles. The topological polar surface area (TPSA) is 700 Å². The molecule has 0 aromatic rings. The summed E-state index contributed by atoms with van der Waals surface area (Å²) in [6.07, 6.45) is -46.2. The van der Waals surface area contributed by atoms with Crippen molar-refractivity contribution in [3.63, 3.8) is 0 Å². The fourth-order valence-electron chi connectivity index (χ4n) is 17.6. The lowest BCUT2D eigenvalue weighted by Gasteiger charge is -2.51. The summed E-state index contributed by atoms with van der Waals surface area (Å²) in [7, 11) is 0. The van der Waals surface area contributed by atoms with Gasteiger partial charge in [-0.3, -0.25) is 14.4 Å². The summed E-state index contributed by atoms with van der Waals surface area (Å²) < 4.78 is 95.7. The second-order valence-electron chi connectivity index (χ2n) is 35.5. The van der Waals surface area contributed by atoms with Crippen LogP contribution in [0, 0.1) is 0 Å². The summed E-state index contributed by atoms with van der Waals surface area (Å²) in [5.74, 6) is -2.23. The summed E-state index contributed by atoms with van der Waals surface area (Å²) >= 11 is 0. The standard InChI is InChI=1S/C86H153N3O42/c1-6-8-10-12-14-16-18-20-22-24-26-28-30-32-46(99)45(89-54(100)33-31-29-27-25-23-21-19-17-15-13-11-9-7-2)41-116-81-69(113)66(110)74(53(40-96)124-81)126-85-71(115)76(60(104)49(36-92)120-85)129-79-55(87-43(4)97)62(106)72(51(38-94)122-79)125-84-70(114)75(59(103)48(35-91)119-84)128-80-56(88-44(5)98)63(107)73(52(39-95)123-80)127-86-78(131-82-67(111)64(108)57(101)42(3)117-82)77(61(105)50(37-93)121-86)130-83-68(112)65(109)58(102)47(34-90)118-83/h30,32,42,45-53,55-86,90-96,99,101-115H,6-29,31,33-41H2,1-5H3,(H,87,97)(H,88,98)(H,89,100)/b32-30+/t42?,45-,46+,47?,48?,49?,50?,51?,52?,53?,55?,56?,57+,58-,59-,60-,61-,62+,63+,64?,65-,66+,67-,68?,69?,70?,71?,72+,73+,74+,75-,76-,77-,78?,79-,80-,81+,82+,83+,84-,85-,86-/m0/s1. The molecule has 3 amide bonds. The molecule has 131 heavy (non-hydrogen) atoms. The number of carbonyl (C=O) groups is 3. The van der Waals surface area contributed by atoms with E-state index in [1.165, 1.54) is 96.8 Å². The van der Waals surface area contributed by atoms with Gasteiger partial charge in [0.1, 0.15) is 189 Å². The zero-order chi connectivity index (χ0) is 95.9. The van der Waals surface area contributed by atoms with Crippen molar-refractivity contribution >= 4 is 17.7 Å². The highest BCUT2D eigenvalue weighted by molar-refractivity contribution is 5.76. The van der Waals surface area contributed by atoms with Crippen LogP contribution in [0.15, 0.2) is 12.2 Å². The fraction of sp³-hybridized carbons (Fsp3) is 0.942. The average molecular weight is 1900 g/mol. The first kappa shape index (κ1) is 113. The number of hydrogen-bond acceptors (Lipinski definition) is 42. The van der Waals surface area contributed by atoms with Gasteiger partial charge in [-0.15, -0.1) is 0 Å². The quantitative estimate of drug-likeness (QED) is 0.0199. The Balaban J connectivity index is 0.934. The molecule has 45 nitrogen and oxygen atoms in total. The smallest absolute Gasteiger partial charge is 0.220 e. The number of ether oxygens (including phenoxy) is 16. The van der Waals surface area contributed by atoms with Crippen LogP contribution in [-0.4, -0.2) is 446 Å². The summed E-state index contributed by atoms with van der Waals surface area (Å²) in [5, 5.41) is 267. The Hall–Kier alpha value is -3.41. The predicted molar refractivity (Wildman–Crippen MR) is 448 cm³/mol. The van der Waals surface area contributed by atoms with E-state index in [1.807, 2.05) is 6.08 Å². The Bertz CT molecular complexity index is 3210. The second-order valence-corrected chi connectivity index (χ2v) is 35.5. The molecule has 0 radical (unpaired) electrons. The lowest BCUT2D eigenvalue weighted by molar-refractivity contribution is -0.405. The van der Waals surface area contributed by atoms with Gasteiger partial charge < -0.3 is 209 Å². The van der Waals surface area contributed by atoms with Crippen molar-refractivity contribution in [3.05, 3.63) is 12.2 Å². The van der Waals surface area contributed by atoms with E-state index >= 15 is 0 Å². The van der Waals surface area contributed by atoms with Crippen molar-refractivity contribution in [1.82, 2.24) is 16.0 Å². The normalized spacial score (nSPS) is 40.6. The first-order chi connectivity index (χ1) is 62.8. The van der Waals surface area contributed by atoms with Crippen LogP contribution >= 0.6 is 0 Å². The molecule has 764 valence electrons. The highest BCUT2D eigenvalue weighted by atomic mass is 16.8. The van der Waals surface area contributed by atoms with Gasteiger partial charge in [-0.05, 0) is 26.2 Å². The summed E-state index contributed by atoms with van der Waals surface area (Å²) in [4.78, 5) is 39.8. The van der Waals surface area contributed by atoms with Gasteiger partial charge in [0.25, 0.3) is 0 Å². The fourth-order valence-corrected chi connectivity index (χ4v) is 17.6. The molecule has 0 bridgehead atoms. The van der Waals surface area contributed by atoms with Gasteiger partial charge in [0, 0.05) is 20.3 Å². The molecule has 16 unspecified atom stereocenters. The van der Waals surface area contributed by atoms with Gasteiger partial charge in [0.2, 0.25) is 17.7 Å². The zero-order valence-corrected chi connectivity index (χ0v) is 75.5. The largest absolute Gasteiger partial charge is 0.394 e. The van der Waals surface area contributed by atoms with Crippen LogP contribution in [0.3, 0.4) is 0 Å². The number of carbonyl (C=O) groups excluding carboxylic acids is 3. The van der Waals surface area contributed by atoms with Gasteiger partial charge in [-0.25, -0.2) is 0 Å². The van der Waals surface area contributed by atoms with Gasteiger partial charge in [-0.2, -0.15) is 0 Å². The van der Waals surface area contributed by atoms with E-state index in [1.54, 1.807) is 6.08 Å². The molecule has 0 aliphatic carbocycles. The summed E-state index contributed by atoms with van der Waals surface area (Å²) in [5.41, 5.74) is 0. The molecule has 42 atom stereocenters. The van der Waals surface area contributed by atoms with Crippen LogP contribution in [0.4, 0.5) is 0 Å². The minimum atomic E-state index is -2.36. The summed E-state index contributed by atoms with van der Waals surface area (Å²) in [6, 6.07) is -4.97. The number of rotatable bonds is 55. The Morgan fingerprint density at radius 3 is 1.05 bits per heavy atom. The van der Waals surface area contributed by atoms with Crippen LogP contribution in [0.1, 0.15) is 202 Å². The lowest BCUT2D eigenvalue weighted by Crippen LogP contribution is -2.71. The maximum atomic E-state index is 13.6. The van der Waals surface area contributed by atoms with E-state index in [2.05, 4.69) is 29.8 Å². The maximum absolute atomic E-state index is 13.6. The number of unbranched alkanes of at least 4 members (excludes halogenated alkanes) is 23. The average Bonchev–Trinajstić information content (AvgIpc) is 0.760. The van der Waals surface area contributed by atoms with Crippen molar-refractivity contribution < 1.29 is 208 Å². The molecule has 8 fully saturated rings. The van der Waals surface area contributed by atoms with E-state index in [0.717, 1.165) is 71.6 Å². The van der Waals surface area contributed by atoms with E-state index in [-0.39, 0.29) is 12.3 Å². The van der Waals surface area contributed by atoms with Crippen LogP contribution in [-0.2, 0) is 90.2 Å². The zero-order valence-electron chi connectivity index (χ0n) is 75.5. The minimum Gasteiger partial charge on any atom is -0.394 e. The first-order valence-corrected chi connectivity index (χ1v) is 46.9. The van der Waals surface area contributed by atoms with E-state index in [0.29, 0.717) is 12.8 Å². The molecular weight excluding hydrogens is 1750 g/mol. The van der Waals surface area contributed by atoms with Crippen LogP contribution in [0.25, 0.3) is 0 Å². The highest BCUT2D eigenvalue weighted by Crippen LogP contribution is 2.41. The molecule has 8 saturated heterocycles. The Kier molecular flexibility index (Phi) is 49.4. The van der Waals surface area contributed by atoms with Crippen molar-refractivity contribution in [1.29, 1.82) is 0 Å². The van der Waals surface area contributed by atoms with Crippen LogP contribution < -0.4 is 16.0 Å². The third kappa shape index (κ3) is 31.5. The molecule has 26 N–H and O–H groups in total. The molecule has 8 heterocycles. The van der Waals surface area contributed by atoms with Crippen molar-refractivity contribution in [2.45, 2.75) is 459 Å². The Morgan fingerprint density at radius 1 is 0.313 bits per heavy atom. The SMILES string of the molecule is CCCCCCCCCCCCC/C=C/[C@@H](O)[C@H](CO[C@@H]1OC(CO)[C@@H](O[C@@H]2OC(CO)[C@H](O)[C@H](O[C@@H]3OC(CO)[C@@H](O[C@@H]4OC(CO)[C@H](O)[C@H](O[C@@H]5OC(CO)[C@@H](O[C@@H]6OC(CO)[C@H](O)[C@H](O[C@H]7OC(CO)[C@H](O)[C@H](O)C7O)C6O[C@H]6OC(C)[C@@H](O)C(O)[C@@H]6O)[C@H](O)C5NC(C)=O)C4O)[C@H](O)C3NC(C)=O)C2O)[C@H](O)C1O)NC(=O)CCCCCCCCCCCCCCC. The lowest BCUT2D eigenvalue weighted by atomic mass is 9.93. The summed E-state index contributed by atoms with van der Waals surface area (Å²) in [6.45, 7) is -0.402. The monoisotopic (exact) mass is 1900 g/mol. The van der Waals surface area contributed by atoms with Crippen molar-refractivity contribution in [2.75, 3.05) is 52.9 Å². The molecule has 0 aromatic carbocycles. The van der Waals surface area contributed by atoms with Crippen molar-refractivity contribution in [2.24, 2.45) is 0 Å². The third-order valence-corrected chi connectivity index (χ3v) is 25.4. The van der Waals surface area contributed by atoms with Gasteiger partial charge in [0.15, 0.2) is 50.3 Å². The van der Waals surface area contributed by atoms with Gasteiger partial charge in [-0.1, -0.05) is 167 Å². The van der Waals surface area contributed by atoms with Gasteiger partial charge in [0.05, 0.1) is 71.1 Å². The number of allylic oxidation sites excluding steroid dienone is 1. The molecule has 8 aliphatic heterocycles. The highest BCUT2D eigenvalue weighted by Gasteiger charge is 2.61. The third-order valence-electron chi connectivity index (χ3n) is 25.4. The number of nitrogens with one attached hydrogen (secondary N) is 3. The molecule has 8 rings (SSSR count). The van der Waals surface area contributed by atoms with Crippen LogP contribution in [0.5, 0.6) is 0 Å². The Morgan fingerprint density at radius 2 is 0.626 bits per heavy atom. The van der Waals surface area contributed by atoms with Gasteiger partial charge >= 0.3 is 0 Å². The predicted octanol–water partition coefficient (Wildman–Crippen LogP) is -6.53.